The summed E-state index contributed by atoms with van der Waals surface area (Å²) in [5.74, 6) is 0. The van der Waals surface area contributed by atoms with Gasteiger partial charge in [-0.2, -0.15) is 0 Å². The molecule has 1 heteroatoms. The second kappa shape index (κ2) is 11.3. The molecule has 0 aliphatic carbocycles. The van der Waals surface area contributed by atoms with Crippen LogP contribution < -0.4 is 4.90 Å². The summed E-state index contributed by atoms with van der Waals surface area (Å²) in [5.41, 5.74) is 8.26. The highest BCUT2D eigenvalue weighted by Crippen LogP contribution is 2.42. The van der Waals surface area contributed by atoms with E-state index in [-0.39, 0.29) is 0 Å². The first kappa shape index (κ1) is 27.2. The average Bonchev–Trinajstić information content (AvgIpc) is 3.15. The molecular weight excluding hydrogens is 567 g/mol. The first-order valence-corrected chi connectivity index (χ1v) is 16.2. The molecule has 0 unspecified atom stereocenters. The number of anilines is 3. The smallest absolute Gasteiger partial charge is 0.0468 e. The number of fused-ring (bicyclic) bond motifs is 6. The summed E-state index contributed by atoms with van der Waals surface area (Å²) in [5, 5.41) is 10.1. The largest absolute Gasteiger partial charge is 0.310 e. The van der Waals surface area contributed by atoms with Gasteiger partial charge >= 0.3 is 0 Å². The topological polar surface area (TPSA) is 3.24 Å². The van der Waals surface area contributed by atoms with Gasteiger partial charge in [0.05, 0.1) is 0 Å². The van der Waals surface area contributed by atoms with Crippen molar-refractivity contribution < 1.29 is 0 Å². The van der Waals surface area contributed by atoms with E-state index in [0.717, 1.165) is 17.1 Å². The molecule has 0 aromatic heterocycles. The highest BCUT2D eigenvalue weighted by atomic mass is 15.1. The molecule has 0 spiro atoms. The molecule has 0 aliphatic rings. The third-order valence-corrected chi connectivity index (χ3v) is 9.41. The molecular formula is C46H31N. The minimum absolute atomic E-state index is 1.12. The molecule has 0 fully saturated rings. The molecule has 0 N–H and O–H groups in total. The number of rotatable bonds is 5. The van der Waals surface area contributed by atoms with Crippen LogP contribution in [0.25, 0.3) is 65.3 Å². The zero-order valence-corrected chi connectivity index (χ0v) is 25.8. The predicted octanol–water partition coefficient (Wildman–Crippen LogP) is 13.1. The van der Waals surface area contributed by atoms with Gasteiger partial charge in [-0.15, -0.1) is 0 Å². The van der Waals surface area contributed by atoms with E-state index in [2.05, 4.69) is 193 Å². The maximum Gasteiger partial charge on any atom is 0.0468 e. The van der Waals surface area contributed by atoms with Gasteiger partial charge in [-0.25, -0.2) is 0 Å². The number of benzene rings is 9. The molecule has 0 bridgehead atoms. The van der Waals surface area contributed by atoms with Crippen LogP contribution in [0.15, 0.2) is 188 Å². The van der Waals surface area contributed by atoms with Crippen molar-refractivity contribution >= 4 is 60.2 Å². The molecule has 9 aromatic rings. The van der Waals surface area contributed by atoms with Gasteiger partial charge < -0.3 is 4.90 Å². The molecule has 9 aromatic carbocycles. The van der Waals surface area contributed by atoms with Gasteiger partial charge in [0, 0.05) is 17.1 Å². The Kier molecular flexibility index (Phi) is 6.54. The van der Waals surface area contributed by atoms with Crippen molar-refractivity contribution in [1.82, 2.24) is 0 Å². The maximum atomic E-state index is 2.36. The van der Waals surface area contributed by atoms with Crippen LogP contribution >= 0.6 is 0 Å². The highest BCUT2D eigenvalue weighted by molar-refractivity contribution is 6.23. The predicted molar refractivity (Wildman–Crippen MR) is 202 cm³/mol. The minimum Gasteiger partial charge on any atom is -0.310 e. The quantitative estimate of drug-likeness (QED) is 0.178. The Morgan fingerprint density at radius 2 is 0.809 bits per heavy atom. The number of hydrogen-bond donors (Lipinski definition) is 0. The van der Waals surface area contributed by atoms with E-state index in [4.69, 9.17) is 0 Å². The van der Waals surface area contributed by atoms with E-state index in [1.807, 2.05) is 0 Å². The van der Waals surface area contributed by atoms with Crippen LogP contribution in [0.2, 0.25) is 0 Å². The Balaban J connectivity index is 1.20. The van der Waals surface area contributed by atoms with E-state index in [9.17, 15) is 0 Å². The standard InChI is InChI=1S/C46H31N/c1-2-10-32(11-3-1)34-18-24-39(25-19-34)47(41-28-20-33-12-4-5-14-37(33)30-41)40-26-21-36(22-27-40)45-31-38-15-7-8-16-42(38)44-29-23-35-13-6-9-17-43(35)46(44)45/h1-31H. The first-order valence-electron chi connectivity index (χ1n) is 16.2. The fraction of sp³-hybridized carbons (Fsp3) is 0. The molecule has 0 amide bonds. The van der Waals surface area contributed by atoms with E-state index >= 15 is 0 Å². The summed E-state index contributed by atoms with van der Waals surface area (Å²) in [6, 6.07) is 68.2. The molecule has 0 atom stereocenters. The summed E-state index contributed by atoms with van der Waals surface area (Å²) >= 11 is 0. The van der Waals surface area contributed by atoms with Crippen LogP contribution in [0.3, 0.4) is 0 Å². The van der Waals surface area contributed by atoms with Gasteiger partial charge in [0.1, 0.15) is 0 Å². The Morgan fingerprint density at radius 3 is 1.55 bits per heavy atom. The molecule has 0 aliphatic heterocycles. The van der Waals surface area contributed by atoms with Crippen molar-refractivity contribution in [2.24, 2.45) is 0 Å². The lowest BCUT2D eigenvalue weighted by atomic mass is 9.90. The van der Waals surface area contributed by atoms with Crippen molar-refractivity contribution in [3.8, 4) is 22.3 Å². The first-order chi connectivity index (χ1) is 23.3. The minimum atomic E-state index is 1.12. The maximum absolute atomic E-state index is 2.36. The Labute approximate surface area is 274 Å². The molecule has 9 rings (SSSR count). The van der Waals surface area contributed by atoms with Gasteiger partial charge in [0.15, 0.2) is 0 Å². The average molecular weight is 598 g/mol. The lowest BCUT2D eigenvalue weighted by molar-refractivity contribution is 1.29. The van der Waals surface area contributed by atoms with Crippen molar-refractivity contribution in [2.75, 3.05) is 4.90 Å². The molecule has 0 heterocycles. The Bertz CT molecular complexity index is 2550. The van der Waals surface area contributed by atoms with Crippen LogP contribution in [-0.2, 0) is 0 Å². The monoisotopic (exact) mass is 597 g/mol. The van der Waals surface area contributed by atoms with Gasteiger partial charge in [-0.3, -0.25) is 0 Å². The van der Waals surface area contributed by atoms with Crippen LogP contribution in [0.4, 0.5) is 17.1 Å². The van der Waals surface area contributed by atoms with E-state index in [1.165, 1.54) is 65.3 Å². The fourth-order valence-corrected chi connectivity index (χ4v) is 7.10. The van der Waals surface area contributed by atoms with Gasteiger partial charge in [0.25, 0.3) is 0 Å². The molecule has 220 valence electrons. The second-order valence-electron chi connectivity index (χ2n) is 12.2. The van der Waals surface area contributed by atoms with Gasteiger partial charge in [0.2, 0.25) is 0 Å². The highest BCUT2D eigenvalue weighted by Gasteiger charge is 2.16. The van der Waals surface area contributed by atoms with Crippen LogP contribution in [0.5, 0.6) is 0 Å². The molecule has 0 radical (unpaired) electrons. The Morgan fingerprint density at radius 1 is 0.277 bits per heavy atom. The fourth-order valence-electron chi connectivity index (χ4n) is 7.10. The third kappa shape index (κ3) is 4.81. The van der Waals surface area contributed by atoms with Crippen molar-refractivity contribution in [2.45, 2.75) is 0 Å². The van der Waals surface area contributed by atoms with Crippen molar-refractivity contribution in [3.05, 3.63) is 188 Å². The van der Waals surface area contributed by atoms with E-state index in [0.29, 0.717) is 0 Å². The zero-order chi connectivity index (χ0) is 31.2. The summed E-state index contributed by atoms with van der Waals surface area (Å²) in [6.07, 6.45) is 0. The SMILES string of the molecule is c1ccc(-c2ccc(N(c3ccc(-c4cc5ccccc5c5ccc6ccccc6c45)cc3)c3ccc4ccccc4c3)cc2)cc1. The lowest BCUT2D eigenvalue weighted by Gasteiger charge is -2.26. The summed E-state index contributed by atoms with van der Waals surface area (Å²) in [6.45, 7) is 0. The molecule has 1 nitrogen and oxygen atoms in total. The number of hydrogen-bond acceptors (Lipinski definition) is 1. The molecule has 47 heavy (non-hydrogen) atoms. The molecule has 0 saturated heterocycles. The van der Waals surface area contributed by atoms with Crippen LogP contribution in [0.1, 0.15) is 0 Å². The summed E-state index contributed by atoms with van der Waals surface area (Å²) in [7, 11) is 0. The van der Waals surface area contributed by atoms with Crippen molar-refractivity contribution in [3.63, 3.8) is 0 Å². The summed E-state index contributed by atoms with van der Waals surface area (Å²) in [4.78, 5) is 2.36. The summed E-state index contributed by atoms with van der Waals surface area (Å²) < 4.78 is 0. The van der Waals surface area contributed by atoms with Crippen molar-refractivity contribution in [1.29, 1.82) is 0 Å². The van der Waals surface area contributed by atoms with E-state index in [1.54, 1.807) is 0 Å². The second-order valence-corrected chi connectivity index (χ2v) is 12.2. The molecule has 0 saturated carbocycles. The van der Waals surface area contributed by atoms with Crippen LogP contribution in [-0.4, -0.2) is 0 Å². The normalized spacial score (nSPS) is 11.4. The lowest BCUT2D eigenvalue weighted by Crippen LogP contribution is -2.09. The van der Waals surface area contributed by atoms with Gasteiger partial charge in [-0.05, 0) is 108 Å². The van der Waals surface area contributed by atoms with E-state index < -0.39 is 0 Å². The third-order valence-electron chi connectivity index (χ3n) is 9.41. The zero-order valence-electron chi connectivity index (χ0n) is 25.8. The number of nitrogens with zero attached hydrogens (tertiary/aromatic N) is 1. The van der Waals surface area contributed by atoms with Crippen LogP contribution in [0, 0.1) is 0 Å². The van der Waals surface area contributed by atoms with Gasteiger partial charge in [-0.1, -0.05) is 146 Å². The Hall–Kier alpha value is -6.18.